The van der Waals surface area contributed by atoms with Crippen LogP contribution in [0.2, 0.25) is 0 Å². The van der Waals surface area contributed by atoms with Gasteiger partial charge in [-0.1, -0.05) is 30.3 Å². The van der Waals surface area contributed by atoms with Crippen molar-refractivity contribution >= 4 is 29.4 Å². The van der Waals surface area contributed by atoms with E-state index in [2.05, 4.69) is 38.2 Å². The molecule has 5 rings (SSSR count). The van der Waals surface area contributed by atoms with Gasteiger partial charge in [0.1, 0.15) is 12.3 Å². The van der Waals surface area contributed by atoms with Gasteiger partial charge in [0.2, 0.25) is 5.91 Å². The molecule has 2 amide bonds. The number of aromatic nitrogens is 3. The van der Waals surface area contributed by atoms with Gasteiger partial charge in [0, 0.05) is 29.5 Å². The number of ketones is 1. The molecule has 6 N–H and O–H groups in total. The van der Waals surface area contributed by atoms with Crippen molar-refractivity contribution in [2.45, 2.75) is 74.9 Å². The zero-order valence-corrected chi connectivity index (χ0v) is 29.8. The summed E-state index contributed by atoms with van der Waals surface area (Å²) in [5, 5.41) is 21.3. The minimum absolute atomic E-state index is 0.00185. The fraction of sp³-hybridized carbons (Fsp3) is 0.472. The molecule has 0 spiro atoms. The number of unbranched alkanes of at least 4 members (excludes halogenated alkanes) is 2. The smallest absolute Gasteiger partial charge is 0.251 e. The molecular formula is C36H46F2N8O5S. The van der Waals surface area contributed by atoms with E-state index in [4.69, 9.17) is 15.2 Å². The van der Waals surface area contributed by atoms with Crippen molar-refractivity contribution in [2.75, 3.05) is 32.1 Å². The van der Waals surface area contributed by atoms with Crippen LogP contribution in [0.5, 0.6) is 5.75 Å². The van der Waals surface area contributed by atoms with E-state index in [1.54, 1.807) is 30.5 Å². The van der Waals surface area contributed by atoms with Crippen LogP contribution in [0.25, 0.3) is 5.69 Å². The maximum atomic E-state index is 14.0. The second-order valence-corrected chi connectivity index (χ2v) is 14.0. The highest BCUT2D eigenvalue weighted by Crippen LogP contribution is 2.34. The fourth-order valence-electron chi connectivity index (χ4n) is 6.10. The third kappa shape index (κ3) is 11.0. The van der Waals surface area contributed by atoms with Gasteiger partial charge in [-0.3, -0.25) is 14.4 Å². The number of Topliss-reactive ketones (excluding diaryl/α,β-unsaturated/α-hetero) is 1. The predicted molar refractivity (Wildman–Crippen MR) is 193 cm³/mol. The standard InChI is InChI=1S/C36H46F2N8O5S/c1-23-41-30-22-52-32(34(30)42-23)13-2-3-14-33(48)40-16-17-50-20-25-19-46(45-44-25)26-9-6-8-24(18-26)36(49)43-29(12-4-5-15-39)31(47)21-51-35-27(37)10-7-11-28(35)38/h6-11,18-19,29-30,32,34,41-42H,1-5,12-17,20-22,39H2,(H,40,48)(H,43,49)/t29?,30-,32-,34-/m0/s1. The molecule has 2 aliphatic rings. The number of nitrogens with zero attached hydrogens (tertiary/aromatic N) is 3. The number of nitrogens with two attached hydrogens (primary N) is 1. The number of amides is 2. The Morgan fingerprint density at radius 3 is 2.71 bits per heavy atom. The number of hydrogen-bond donors (Lipinski definition) is 5. The largest absolute Gasteiger partial charge is 0.480 e. The van der Waals surface area contributed by atoms with Crippen LogP contribution >= 0.6 is 11.8 Å². The average Bonchev–Trinajstić information content (AvgIpc) is 3.86. The molecule has 13 nitrogen and oxygen atoms in total. The van der Waals surface area contributed by atoms with E-state index in [1.165, 1.54) is 10.7 Å². The van der Waals surface area contributed by atoms with Gasteiger partial charge in [-0.15, -0.1) is 5.10 Å². The zero-order chi connectivity index (χ0) is 36.9. The SMILES string of the molecule is C=C1N[C@H]2[C@H](CS[C@H]2CCCCC(=O)NCCOCc2cn(-c3cccc(C(=O)NC(CCCCN)C(=O)COc4c(F)cccc4F)c3)nn2)N1. The second-order valence-electron chi connectivity index (χ2n) is 12.7. The number of hydrogen-bond acceptors (Lipinski definition) is 11. The van der Waals surface area contributed by atoms with Crippen molar-refractivity contribution in [1.82, 2.24) is 36.3 Å². The van der Waals surface area contributed by atoms with E-state index < -0.39 is 41.7 Å². The molecule has 0 bridgehead atoms. The summed E-state index contributed by atoms with van der Waals surface area (Å²) < 4.78 is 40.3. The maximum Gasteiger partial charge on any atom is 0.251 e. The summed E-state index contributed by atoms with van der Waals surface area (Å²) >= 11 is 1.98. The van der Waals surface area contributed by atoms with Crippen molar-refractivity contribution < 1.29 is 32.6 Å². The Labute approximate surface area is 305 Å². The molecule has 4 atom stereocenters. The summed E-state index contributed by atoms with van der Waals surface area (Å²) in [4.78, 5) is 38.5. The molecule has 0 radical (unpaired) electrons. The Balaban J connectivity index is 1.02. The summed E-state index contributed by atoms with van der Waals surface area (Å²) in [7, 11) is 0. The van der Waals surface area contributed by atoms with Crippen molar-refractivity contribution in [3.8, 4) is 11.4 Å². The lowest BCUT2D eigenvalue weighted by Crippen LogP contribution is -2.43. The molecule has 1 aromatic heterocycles. The van der Waals surface area contributed by atoms with Gasteiger partial charge in [-0.25, -0.2) is 13.5 Å². The van der Waals surface area contributed by atoms with Gasteiger partial charge in [-0.05, 0) is 69.0 Å². The van der Waals surface area contributed by atoms with Crippen LogP contribution in [0.1, 0.15) is 61.0 Å². The van der Waals surface area contributed by atoms with Gasteiger partial charge in [0.05, 0.1) is 49.0 Å². The monoisotopic (exact) mass is 740 g/mol. The molecule has 16 heteroatoms. The fourth-order valence-corrected chi connectivity index (χ4v) is 7.64. The lowest BCUT2D eigenvalue weighted by Gasteiger charge is -2.18. The molecule has 280 valence electrons. The number of fused-ring (bicyclic) bond motifs is 1. The second kappa shape index (κ2) is 19.3. The number of rotatable bonds is 21. The van der Waals surface area contributed by atoms with Crippen LogP contribution in [0.15, 0.2) is 61.1 Å². The molecule has 2 aliphatic heterocycles. The van der Waals surface area contributed by atoms with Crippen molar-refractivity contribution in [1.29, 1.82) is 0 Å². The van der Waals surface area contributed by atoms with E-state index in [-0.39, 0.29) is 24.5 Å². The van der Waals surface area contributed by atoms with E-state index in [0.717, 1.165) is 43.0 Å². The maximum absolute atomic E-state index is 14.0. The van der Waals surface area contributed by atoms with Crippen molar-refractivity contribution in [3.05, 3.63) is 84.0 Å². The molecule has 2 aromatic carbocycles. The molecule has 0 saturated carbocycles. The van der Waals surface area contributed by atoms with Crippen LogP contribution in [-0.2, 0) is 20.9 Å². The highest BCUT2D eigenvalue weighted by atomic mass is 32.2. The molecule has 52 heavy (non-hydrogen) atoms. The molecule has 2 saturated heterocycles. The van der Waals surface area contributed by atoms with Gasteiger partial charge >= 0.3 is 0 Å². The first-order chi connectivity index (χ1) is 25.2. The molecule has 2 fully saturated rings. The molecule has 3 aromatic rings. The number of thioether (sulfide) groups is 1. The lowest BCUT2D eigenvalue weighted by molar-refractivity contribution is -0.123. The quantitative estimate of drug-likeness (QED) is 0.102. The first-order valence-corrected chi connectivity index (χ1v) is 18.6. The number of carbonyl (C=O) groups excluding carboxylic acids is 3. The molecular weight excluding hydrogens is 695 g/mol. The Hall–Kier alpha value is -4.54. The third-order valence-corrected chi connectivity index (χ3v) is 10.3. The van der Waals surface area contributed by atoms with E-state index >= 15 is 0 Å². The minimum Gasteiger partial charge on any atom is -0.480 e. The Morgan fingerprint density at radius 1 is 1.10 bits per heavy atom. The Morgan fingerprint density at radius 2 is 1.90 bits per heavy atom. The number of ether oxygens (including phenoxy) is 2. The first-order valence-electron chi connectivity index (χ1n) is 17.5. The number of para-hydroxylation sites is 1. The minimum atomic E-state index is -0.963. The third-order valence-electron chi connectivity index (χ3n) is 8.82. The number of halogens is 2. The van der Waals surface area contributed by atoms with Crippen molar-refractivity contribution in [2.24, 2.45) is 5.73 Å². The number of carbonyl (C=O) groups is 3. The van der Waals surface area contributed by atoms with E-state index in [9.17, 15) is 23.2 Å². The molecule has 1 unspecified atom stereocenters. The predicted octanol–water partition coefficient (Wildman–Crippen LogP) is 3.13. The van der Waals surface area contributed by atoms with Crippen LogP contribution in [0, 0.1) is 11.6 Å². The zero-order valence-electron chi connectivity index (χ0n) is 29.0. The number of nitrogens with one attached hydrogen (secondary N) is 4. The van der Waals surface area contributed by atoms with Crippen LogP contribution < -0.4 is 31.7 Å². The van der Waals surface area contributed by atoms with Gasteiger partial charge in [-0.2, -0.15) is 11.8 Å². The van der Waals surface area contributed by atoms with Crippen molar-refractivity contribution in [3.63, 3.8) is 0 Å². The van der Waals surface area contributed by atoms with Gasteiger partial charge in [0.25, 0.3) is 5.91 Å². The summed E-state index contributed by atoms with van der Waals surface area (Å²) in [6, 6.07) is 9.77. The number of benzene rings is 2. The summed E-state index contributed by atoms with van der Waals surface area (Å²) in [5.74, 6) is -1.58. The Kier molecular flexibility index (Phi) is 14.4. The summed E-state index contributed by atoms with van der Waals surface area (Å²) in [6.07, 6.45) is 6.50. The van der Waals surface area contributed by atoms with Crippen LogP contribution in [0.4, 0.5) is 8.78 Å². The van der Waals surface area contributed by atoms with E-state index in [1.807, 2.05) is 11.8 Å². The lowest BCUT2D eigenvalue weighted by atomic mass is 10.0. The van der Waals surface area contributed by atoms with Gasteiger partial charge < -0.3 is 36.5 Å². The van der Waals surface area contributed by atoms with Crippen LogP contribution in [-0.4, -0.2) is 88.0 Å². The highest BCUT2D eigenvalue weighted by Gasteiger charge is 2.40. The molecule has 0 aliphatic carbocycles. The first kappa shape index (κ1) is 38.7. The van der Waals surface area contributed by atoms with Gasteiger partial charge in [0.15, 0.2) is 23.2 Å². The average molecular weight is 741 g/mol. The normalized spacial score (nSPS) is 18.3. The van der Waals surface area contributed by atoms with Crippen LogP contribution in [0.3, 0.4) is 0 Å². The Bertz CT molecular complexity index is 1670. The topological polar surface area (TPSA) is 175 Å². The highest BCUT2D eigenvalue weighted by molar-refractivity contribution is 8.00. The molecule has 3 heterocycles. The summed E-state index contributed by atoms with van der Waals surface area (Å²) in [6.45, 7) is 4.61. The summed E-state index contributed by atoms with van der Waals surface area (Å²) in [5.41, 5.74) is 6.97. The van der Waals surface area contributed by atoms with E-state index in [0.29, 0.717) is 67.7 Å².